The van der Waals surface area contributed by atoms with E-state index in [-0.39, 0.29) is 11.8 Å². The first kappa shape index (κ1) is 14.8. The molecule has 1 N–H and O–H groups in total. The first-order valence-electron chi connectivity index (χ1n) is 8.17. The highest BCUT2D eigenvalue weighted by Crippen LogP contribution is 2.35. The molecule has 0 radical (unpaired) electrons. The summed E-state index contributed by atoms with van der Waals surface area (Å²) in [5.74, 6) is 2.28. The minimum Gasteiger partial charge on any atom is -0.356 e. The third kappa shape index (κ3) is 4.48. The van der Waals surface area contributed by atoms with Gasteiger partial charge in [-0.15, -0.1) is 0 Å². The molecule has 0 aromatic rings. The predicted octanol–water partition coefficient (Wildman–Crippen LogP) is 2.66. The molecule has 2 unspecified atom stereocenters. The third-order valence-electron chi connectivity index (χ3n) is 4.85. The Morgan fingerprint density at radius 2 is 1.95 bits per heavy atom. The van der Waals surface area contributed by atoms with Crippen LogP contribution in [-0.4, -0.2) is 37.0 Å². The lowest BCUT2D eigenvalue weighted by Gasteiger charge is -2.41. The predicted molar refractivity (Wildman–Crippen MR) is 79.0 cm³/mol. The van der Waals surface area contributed by atoms with E-state index in [0.29, 0.717) is 0 Å². The SMILES string of the molecule is CC(C)C(=O)NCCCN1CCC2CCCCC2C1. The van der Waals surface area contributed by atoms with E-state index in [2.05, 4.69) is 10.2 Å². The maximum absolute atomic E-state index is 11.5. The summed E-state index contributed by atoms with van der Waals surface area (Å²) < 4.78 is 0. The summed E-state index contributed by atoms with van der Waals surface area (Å²) in [6.45, 7) is 8.47. The zero-order chi connectivity index (χ0) is 13.7. The Hall–Kier alpha value is -0.570. The average Bonchev–Trinajstić information content (AvgIpc) is 2.43. The van der Waals surface area contributed by atoms with Crippen molar-refractivity contribution >= 4 is 5.91 Å². The molecular formula is C16H30N2O. The van der Waals surface area contributed by atoms with Gasteiger partial charge in [0, 0.05) is 19.0 Å². The van der Waals surface area contributed by atoms with E-state index in [0.717, 1.165) is 31.3 Å². The number of nitrogens with one attached hydrogen (secondary N) is 1. The van der Waals surface area contributed by atoms with Gasteiger partial charge in [-0.1, -0.05) is 33.1 Å². The molecule has 3 nitrogen and oxygen atoms in total. The molecule has 2 rings (SSSR count). The van der Waals surface area contributed by atoms with Crippen molar-refractivity contribution in [1.29, 1.82) is 0 Å². The number of nitrogens with zero attached hydrogens (tertiary/aromatic N) is 1. The van der Waals surface area contributed by atoms with Gasteiger partial charge in [0.25, 0.3) is 0 Å². The van der Waals surface area contributed by atoms with Crippen molar-refractivity contribution in [2.75, 3.05) is 26.2 Å². The topological polar surface area (TPSA) is 32.3 Å². The molecular weight excluding hydrogens is 236 g/mol. The van der Waals surface area contributed by atoms with Crippen molar-refractivity contribution in [2.45, 2.75) is 52.4 Å². The maximum Gasteiger partial charge on any atom is 0.222 e. The zero-order valence-electron chi connectivity index (χ0n) is 12.7. The molecule has 2 atom stereocenters. The molecule has 1 amide bonds. The van der Waals surface area contributed by atoms with E-state index in [1.807, 2.05) is 13.8 Å². The van der Waals surface area contributed by atoms with Crippen LogP contribution in [0.4, 0.5) is 0 Å². The minimum atomic E-state index is 0.109. The molecule has 1 saturated heterocycles. The summed E-state index contributed by atoms with van der Waals surface area (Å²) >= 11 is 0. The van der Waals surface area contributed by atoms with Gasteiger partial charge >= 0.3 is 0 Å². The fraction of sp³-hybridized carbons (Fsp3) is 0.938. The van der Waals surface area contributed by atoms with E-state index in [4.69, 9.17) is 0 Å². The lowest BCUT2D eigenvalue weighted by atomic mass is 9.75. The average molecular weight is 266 g/mol. The van der Waals surface area contributed by atoms with Crippen LogP contribution in [-0.2, 0) is 4.79 Å². The van der Waals surface area contributed by atoms with Gasteiger partial charge in [-0.25, -0.2) is 0 Å². The van der Waals surface area contributed by atoms with Gasteiger partial charge in [-0.05, 0) is 44.2 Å². The second kappa shape index (κ2) is 7.28. The fourth-order valence-electron chi connectivity index (χ4n) is 3.60. The monoisotopic (exact) mass is 266 g/mol. The smallest absolute Gasteiger partial charge is 0.222 e. The Bertz CT molecular complexity index is 290. The number of hydrogen-bond donors (Lipinski definition) is 1. The Labute approximate surface area is 118 Å². The zero-order valence-corrected chi connectivity index (χ0v) is 12.7. The molecule has 1 aliphatic heterocycles. The Kier molecular flexibility index (Phi) is 5.68. The summed E-state index contributed by atoms with van der Waals surface area (Å²) in [5, 5.41) is 3.01. The molecule has 1 heterocycles. The van der Waals surface area contributed by atoms with Crippen molar-refractivity contribution in [3.05, 3.63) is 0 Å². The fourth-order valence-corrected chi connectivity index (χ4v) is 3.60. The lowest BCUT2D eigenvalue weighted by molar-refractivity contribution is -0.123. The van der Waals surface area contributed by atoms with Crippen LogP contribution in [0.1, 0.15) is 52.4 Å². The standard InChI is InChI=1S/C16H30N2O/c1-13(2)16(19)17-9-5-10-18-11-8-14-6-3-4-7-15(14)12-18/h13-15H,3-12H2,1-2H3,(H,17,19). The minimum absolute atomic E-state index is 0.109. The van der Waals surface area contributed by atoms with Crippen LogP contribution in [0, 0.1) is 17.8 Å². The van der Waals surface area contributed by atoms with Gasteiger partial charge in [0.1, 0.15) is 0 Å². The highest BCUT2D eigenvalue weighted by atomic mass is 16.1. The van der Waals surface area contributed by atoms with Crippen molar-refractivity contribution < 1.29 is 4.79 Å². The number of fused-ring (bicyclic) bond motifs is 1. The summed E-state index contributed by atoms with van der Waals surface area (Å²) in [5.41, 5.74) is 0. The highest BCUT2D eigenvalue weighted by molar-refractivity contribution is 5.77. The van der Waals surface area contributed by atoms with Crippen molar-refractivity contribution in [2.24, 2.45) is 17.8 Å². The first-order chi connectivity index (χ1) is 9.16. The number of likely N-dealkylation sites (tertiary alicyclic amines) is 1. The van der Waals surface area contributed by atoms with E-state index in [1.54, 1.807) is 0 Å². The lowest BCUT2D eigenvalue weighted by Crippen LogP contribution is -2.42. The van der Waals surface area contributed by atoms with Crippen LogP contribution < -0.4 is 5.32 Å². The molecule has 2 aliphatic rings. The van der Waals surface area contributed by atoms with Gasteiger partial charge < -0.3 is 10.2 Å². The van der Waals surface area contributed by atoms with Crippen molar-refractivity contribution in [3.8, 4) is 0 Å². The molecule has 1 saturated carbocycles. The van der Waals surface area contributed by atoms with Crippen LogP contribution in [0.25, 0.3) is 0 Å². The third-order valence-corrected chi connectivity index (χ3v) is 4.85. The molecule has 2 fully saturated rings. The Morgan fingerprint density at radius 3 is 2.68 bits per heavy atom. The summed E-state index contributed by atoms with van der Waals surface area (Å²) in [4.78, 5) is 14.1. The largest absolute Gasteiger partial charge is 0.356 e. The number of rotatable bonds is 5. The first-order valence-corrected chi connectivity index (χ1v) is 8.17. The van der Waals surface area contributed by atoms with Gasteiger partial charge in [-0.3, -0.25) is 4.79 Å². The number of piperidine rings is 1. The Morgan fingerprint density at radius 1 is 1.21 bits per heavy atom. The highest BCUT2D eigenvalue weighted by Gasteiger charge is 2.30. The maximum atomic E-state index is 11.5. The van der Waals surface area contributed by atoms with Gasteiger partial charge in [0.15, 0.2) is 0 Å². The van der Waals surface area contributed by atoms with E-state index in [9.17, 15) is 4.79 Å². The summed E-state index contributed by atoms with van der Waals surface area (Å²) in [6, 6.07) is 0. The van der Waals surface area contributed by atoms with E-state index >= 15 is 0 Å². The van der Waals surface area contributed by atoms with Crippen LogP contribution in [0.2, 0.25) is 0 Å². The molecule has 0 aromatic heterocycles. The molecule has 0 aromatic carbocycles. The second-order valence-corrected chi connectivity index (χ2v) is 6.69. The van der Waals surface area contributed by atoms with E-state index in [1.165, 1.54) is 45.2 Å². The quantitative estimate of drug-likeness (QED) is 0.776. The van der Waals surface area contributed by atoms with Gasteiger partial charge in [-0.2, -0.15) is 0 Å². The van der Waals surface area contributed by atoms with Gasteiger partial charge in [0.2, 0.25) is 5.91 Å². The number of amides is 1. The van der Waals surface area contributed by atoms with Crippen molar-refractivity contribution in [1.82, 2.24) is 10.2 Å². The molecule has 0 spiro atoms. The number of hydrogen-bond acceptors (Lipinski definition) is 2. The summed E-state index contributed by atoms with van der Waals surface area (Å²) in [7, 11) is 0. The molecule has 3 heteroatoms. The van der Waals surface area contributed by atoms with Crippen LogP contribution in [0.3, 0.4) is 0 Å². The molecule has 110 valence electrons. The van der Waals surface area contributed by atoms with Crippen LogP contribution in [0.5, 0.6) is 0 Å². The number of carbonyl (C=O) groups excluding carboxylic acids is 1. The molecule has 19 heavy (non-hydrogen) atoms. The van der Waals surface area contributed by atoms with Gasteiger partial charge in [0.05, 0.1) is 0 Å². The molecule has 0 bridgehead atoms. The molecule has 1 aliphatic carbocycles. The Balaban J connectivity index is 1.60. The second-order valence-electron chi connectivity index (χ2n) is 6.69. The van der Waals surface area contributed by atoms with Crippen molar-refractivity contribution in [3.63, 3.8) is 0 Å². The summed E-state index contributed by atoms with van der Waals surface area (Å²) in [6.07, 6.45) is 8.33. The van der Waals surface area contributed by atoms with E-state index < -0.39 is 0 Å². The normalized spacial score (nSPS) is 28.2. The number of carbonyl (C=O) groups is 1. The van der Waals surface area contributed by atoms with Crippen LogP contribution in [0.15, 0.2) is 0 Å². The van der Waals surface area contributed by atoms with Crippen LogP contribution >= 0.6 is 0 Å².